The van der Waals surface area contributed by atoms with Crippen LogP contribution in [0.2, 0.25) is 0 Å². The molecular formula is C25H40O5. The second-order valence-corrected chi connectivity index (χ2v) is 11.2. The van der Waals surface area contributed by atoms with Crippen LogP contribution in [0.25, 0.3) is 0 Å². The van der Waals surface area contributed by atoms with Gasteiger partial charge in [-0.1, -0.05) is 45.8 Å². The average Bonchev–Trinajstić information content (AvgIpc) is 2.63. The van der Waals surface area contributed by atoms with E-state index in [9.17, 15) is 14.7 Å². The molecular weight excluding hydrogens is 380 g/mol. The third-order valence-corrected chi connectivity index (χ3v) is 8.81. The lowest BCUT2D eigenvalue weighted by Crippen LogP contribution is -2.58. The summed E-state index contributed by atoms with van der Waals surface area (Å²) in [6.45, 7) is 12.5. The predicted octanol–water partition coefficient (Wildman–Crippen LogP) is 4.67. The first-order valence-corrected chi connectivity index (χ1v) is 11.6. The van der Waals surface area contributed by atoms with E-state index in [1.165, 1.54) is 26.2 Å². The average molecular weight is 421 g/mol. The number of hydrogen-bond donors (Lipinski definition) is 1. The van der Waals surface area contributed by atoms with Crippen molar-refractivity contribution in [2.75, 3.05) is 13.2 Å². The van der Waals surface area contributed by atoms with Crippen LogP contribution in [-0.2, 0) is 19.1 Å². The molecule has 3 aliphatic carbocycles. The first-order valence-electron chi connectivity index (χ1n) is 11.6. The van der Waals surface area contributed by atoms with Crippen molar-refractivity contribution < 1.29 is 24.2 Å². The monoisotopic (exact) mass is 420 g/mol. The molecule has 0 amide bonds. The topological polar surface area (TPSA) is 72.8 Å². The largest absolute Gasteiger partial charge is 0.461 e. The van der Waals surface area contributed by atoms with Gasteiger partial charge in [0.25, 0.3) is 0 Å². The SMILES string of the molecule is CC(=O)O[C@@H](CO)COC(=O)[C@@H]1C(C)=CC[C@H]2[C@@]1(C)CC[C@H]1C(C)(C)CCC[C@]21C. The Kier molecular flexibility index (Phi) is 6.44. The van der Waals surface area contributed by atoms with Crippen molar-refractivity contribution in [2.45, 2.75) is 86.2 Å². The number of rotatable bonds is 5. The van der Waals surface area contributed by atoms with Crippen molar-refractivity contribution in [1.29, 1.82) is 0 Å². The predicted molar refractivity (Wildman–Crippen MR) is 116 cm³/mol. The van der Waals surface area contributed by atoms with Gasteiger partial charge in [-0.3, -0.25) is 9.59 Å². The molecule has 2 fully saturated rings. The van der Waals surface area contributed by atoms with E-state index in [4.69, 9.17) is 9.47 Å². The summed E-state index contributed by atoms with van der Waals surface area (Å²) in [6.07, 6.45) is 8.43. The van der Waals surface area contributed by atoms with Crippen molar-refractivity contribution >= 4 is 11.9 Å². The molecule has 30 heavy (non-hydrogen) atoms. The molecule has 5 heteroatoms. The van der Waals surface area contributed by atoms with Gasteiger partial charge in [-0.15, -0.1) is 0 Å². The summed E-state index contributed by atoms with van der Waals surface area (Å²) in [7, 11) is 0. The third kappa shape index (κ3) is 3.94. The van der Waals surface area contributed by atoms with E-state index in [1.807, 2.05) is 6.92 Å². The molecule has 5 nitrogen and oxygen atoms in total. The molecule has 0 aromatic heterocycles. The highest BCUT2D eigenvalue weighted by Crippen LogP contribution is 2.68. The maximum atomic E-state index is 13.3. The van der Waals surface area contributed by atoms with Gasteiger partial charge < -0.3 is 14.6 Å². The zero-order valence-corrected chi connectivity index (χ0v) is 19.6. The van der Waals surface area contributed by atoms with Crippen LogP contribution in [0.3, 0.4) is 0 Å². The molecule has 1 N–H and O–H groups in total. The van der Waals surface area contributed by atoms with Crippen molar-refractivity contribution in [3.8, 4) is 0 Å². The molecule has 0 bridgehead atoms. The fourth-order valence-electron chi connectivity index (χ4n) is 7.58. The molecule has 0 aromatic rings. The van der Waals surface area contributed by atoms with Gasteiger partial charge in [0.1, 0.15) is 6.61 Å². The summed E-state index contributed by atoms with van der Waals surface area (Å²) in [6, 6.07) is 0. The molecule has 170 valence electrons. The highest BCUT2D eigenvalue weighted by Gasteiger charge is 2.62. The smallest absolute Gasteiger partial charge is 0.313 e. The van der Waals surface area contributed by atoms with Gasteiger partial charge in [0.05, 0.1) is 12.5 Å². The lowest BCUT2D eigenvalue weighted by atomic mass is 9.40. The van der Waals surface area contributed by atoms with Crippen LogP contribution >= 0.6 is 0 Å². The normalized spacial score (nSPS) is 38.5. The molecule has 0 unspecified atom stereocenters. The van der Waals surface area contributed by atoms with Crippen LogP contribution in [0.1, 0.15) is 80.1 Å². The molecule has 0 heterocycles. The number of allylic oxidation sites excluding steroid dienone is 1. The van der Waals surface area contributed by atoms with Crippen LogP contribution in [0, 0.1) is 34.0 Å². The second-order valence-electron chi connectivity index (χ2n) is 11.2. The van der Waals surface area contributed by atoms with Gasteiger partial charge in [0, 0.05) is 6.92 Å². The number of aliphatic hydroxyl groups excluding tert-OH is 1. The maximum absolute atomic E-state index is 13.3. The Hall–Kier alpha value is -1.36. The van der Waals surface area contributed by atoms with Gasteiger partial charge in [0.15, 0.2) is 6.10 Å². The Labute approximate surface area is 181 Å². The van der Waals surface area contributed by atoms with E-state index in [2.05, 4.69) is 33.8 Å². The Morgan fingerprint density at radius 1 is 1.13 bits per heavy atom. The Morgan fingerprint density at radius 2 is 1.83 bits per heavy atom. The van der Waals surface area contributed by atoms with Crippen LogP contribution in [0.15, 0.2) is 11.6 Å². The summed E-state index contributed by atoms with van der Waals surface area (Å²) in [5.41, 5.74) is 1.53. The first kappa shape index (κ1) is 23.3. The number of hydrogen-bond acceptors (Lipinski definition) is 5. The van der Waals surface area contributed by atoms with Crippen molar-refractivity contribution in [3.05, 3.63) is 11.6 Å². The van der Waals surface area contributed by atoms with Gasteiger partial charge in [-0.05, 0) is 67.1 Å². The van der Waals surface area contributed by atoms with E-state index in [1.54, 1.807) is 0 Å². The van der Waals surface area contributed by atoms with Gasteiger partial charge >= 0.3 is 11.9 Å². The van der Waals surface area contributed by atoms with Gasteiger partial charge in [-0.2, -0.15) is 0 Å². The molecule has 3 rings (SSSR count). The molecule has 6 atom stereocenters. The van der Waals surface area contributed by atoms with Crippen LogP contribution in [0.5, 0.6) is 0 Å². The molecule has 0 radical (unpaired) electrons. The molecule has 0 aliphatic heterocycles. The molecule has 0 aromatic carbocycles. The number of esters is 2. The van der Waals surface area contributed by atoms with E-state index in [0.29, 0.717) is 17.3 Å². The number of aliphatic hydroxyl groups is 1. The molecule has 3 aliphatic rings. The van der Waals surface area contributed by atoms with Crippen LogP contribution < -0.4 is 0 Å². The van der Waals surface area contributed by atoms with Crippen molar-refractivity contribution in [2.24, 2.45) is 34.0 Å². The van der Waals surface area contributed by atoms with E-state index < -0.39 is 12.1 Å². The molecule has 0 spiro atoms. The Bertz CT molecular complexity index is 710. The summed E-state index contributed by atoms with van der Waals surface area (Å²) in [5, 5.41) is 9.42. The fourth-order valence-corrected chi connectivity index (χ4v) is 7.58. The number of carbonyl (C=O) groups excluding carboxylic acids is 2. The van der Waals surface area contributed by atoms with Gasteiger partial charge in [0.2, 0.25) is 0 Å². The minimum absolute atomic E-state index is 0.105. The lowest BCUT2D eigenvalue weighted by molar-refractivity contribution is -0.177. The second kappa shape index (κ2) is 8.29. The number of carbonyl (C=O) groups is 2. The van der Waals surface area contributed by atoms with E-state index in [-0.39, 0.29) is 35.9 Å². The highest BCUT2D eigenvalue weighted by atomic mass is 16.6. The van der Waals surface area contributed by atoms with Crippen LogP contribution in [-0.4, -0.2) is 36.4 Å². The first-order chi connectivity index (χ1) is 14.0. The summed E-state index contributed by atoms with van der Waals surface area (Å²) >= 11 is 0. The summed E-state index contributed by atoms with van der Waals surface area (Å²) in [5.74, 6) is 0.112. The summed E-state index contributed by atoms with van der Waals surface area (Å²) < 4.78 is 10.6. The van der Waals surface area contributed by atoms with E-state index >= 15 is 0 Å². The van der Waals surface area contributed by atoms with Crippen LogP contribution in [0.4, 0.5) is 0 Å². The van der Waals surface area contributed by atoms with Gasteiger partial charge in [-0.25, -0.2) is 0 Å². The number of fused-ring (bicyclic) bond motifs is 3. The minimum Gasteiger partial charge on any atom is -0.461 e. The minimum atomic E-state index is -0.810. The van der Waals surface area contributed by atoms with Crippen molar-refractivity contribution in [3.63, 3.8) is 0 Å². The molecule has 0 saturated heterocycles. The highest BCUT2D eigenvalue weighted by molar-refractivity contribution is 5.77. The summed E-state index contributed by atoms with van der Waals surface area (Å²) in [4.78, 5) is 24.5. The standard InChI is InChI=1S/C25H40O5/c1-16-8-9-20-24(5)12-7-11-23(3,4)19(24)10-13-25(20,6)21(16)22(28)29-15-18(14-26)30-17(2)27/h8,18-21,26H,7,9-15H2,1-6H3/t18-,19-,20+,21-,24-,25+/m0/s1. The molecule has 2 saturated carbocycles. The van der Waals surface area contributed by atoms with Crippen molar-refractivity contribution in [1.82, 2.24) is 0 Å². The maximum Gasteiger partial charge on any atom is 0.313 e. The quantitative estimate of drug-likeness (QED) is 0.517. The fraction of sp³-hybridized carbons (Fsp3) is 0.840. The lowest BCUT2D eigenvalue weighted by Gasteiger charge is -2.64. The third-order valence-electron chi connectivity index (χ3n) is 8.81. The number of ether oxygens (including phenoxy) is 2. The Balaban J connectivity index is 1.83. The zero-order valence-electron chi connectivity index (χ0n) is 19.6. The van der Waals surface area contributed by atoms with E-state index in [0.717, 1.165) is 24.8 Å². The Morgan fingerprint density at radius 3 is 2.47 bits per heavy atom. The zero-order chi connectivity index (χ0) is 22.3.